The second-order valence-electron chi connectivity index (χ2n) is 8.15. The summed E-state index contributed by atoms with van der Waals surface area (Å²) in [6, 6.07) is 12.2. The molecule has 1 aromatic heterocycles. The highest BCUT2D eigenvalue weighted by Crippen LogP contribution is 2.33. The van der Waals surface area contributed by atoms with Crippen LogP contribution in [0.5, 0.6) is 0 Å². The van der Waals surface area contributed by atoms with Gasteiger partial charge < -0.3 is 14.4 Å². The van der Waals surface area contributed by atoms with Gasteiger partial charge in [-0.15, -0.1) is 0 Å². The predicted octanol–water partition coefficient (Wildman–Crippen LogP) is 4.41. The van der Waals surface area contributed by atoms with Gasteiger partial charge in [0.1, 0.15) is 5.58 Å². The van der Waals surface area contributed by atoms with Crippen molar-refractivity contribution in [3.8, 4) is 0 Å². The minimum atomic E-state index is -0.847. The summed E-state index contributed by atoms with van der Waals surface area (Å²) >= 11 is 0. The number of furan rings is 1. The van der Waals surface area contributed by atoms with E-state index in [4.69, 9.17) is 4.42 Å². The smallest absolute Gasteiger partial charge is 0.227 e. The van der Waals surface area contributed by atoms with E-state index in [0.717, 1.165) is 27.7 Å². The maximum atomic E-state index is 12.9. The summed E-state index contributed by atoms with van der Waals surface area (Å²) in [5.41, 5.74) is 5.39. The summed E-state index contributed by atoms with van der Waals surface area (Å²) < 4.78 is 5.66. The van der Waals surface area contributed by atoms with E-state index < -0.39 is 5.60 Å². The van der Waals surface area contributed by atoms with Crippen LogP contribution in [0.25, 0.3) is 11.0 Å². The molecule has 1 aliphatic heterocycles. The molecule has 28 heavy (non-hydrogen) atoms. The van der Waals surface area contributed by atoms with E-state index in [2.05, 4.69) is 19.9 Å². The molecule has 0 saturated carbocycles. The van der Waals surface area contributed by atoms with Crippen molar-refractivity contribution < 1.29 is 14.3 Å². The number of aliphatic hydroxyl groups is 1. The van der Waals surface area contributed by atoms with Gasteiger partial charge in [-0.25, -0.2) is 0 Å². The Morgan fingerprint density at radius 1 is 1.11 bits per heavy atom. The summed E-state index contributed by atoms with van der Waals surface area (Å²) in [7, 11) is 0. The molecule has 0 spiro atoms. The molecule has 1 N–H and O–H groups in total. The van der Waals surface area contributed by atoms with E-state index in [9.17, 15) is 9.90 Å². The van der Waals surface area contributed by atoms with Gasteiger partial charge in [0.15, 0.2) is 0 Å². The number of rotatable bonds is 3. The third kappa shape index (κ3) is 3.45. The van der Waals surface area contributed by atoms with E-state index in [1.807, 2.05) is 42.2 Å². The molecule has 1 amide bonds. The van der Waals surface area contributed by atoms with Crippen molar-refractivity contribution in [2.75, 3.05) is 13.1 Å². The Kier molecular flexibility index (Phi) is 4.76. The molecule has 0 bridgehead atoms. The zero-order valence-electron chi connectivity index (χ0n) is 16.8. The Balaban J connectivity index is 1.45. The van der Waals surface area contributed by atoms with Gasteiger partial charge in [0.05, 0.1) is 18.3 Å². The third-order valence-corrected chi connectivity index (χ3v) is 6.11. The summed E-state index contributed by atoms with van der Waals surface area (Å²) in [5, 5.41) is 12.1. The number of carbonyl (C=O) groups excluding carboxylic acids is 1. The molecule has 4 heteroatoms. The molecule has 0 aliphatic carbocycles. The number of nitrogens with zero attached hydrogens (tertiary/aromatic N) is 1. The fraction of sp³-hybridized carbons (Fsp3) is 0.375. The minimum Gasteiger partial charge on any atom is -0.464 e. The van der Waals surface area contributed by atoms with Crippen molar-refractivity contribution in [1.29, 1.82) is 0 Å². The van der Waals surface area contributed by atoms with E-state index in [1.54, 1.807) is 6.26 Å². The molecule has 2 heterocycles. The number of piperidine rings is 1. The van der Waals surface area contributed by atoms with Crippen LogP contribution < -0.4 is 0 Å². The van der Waals surface area contributed by atoms with Gasteiger partial charge in [-0.1, -0.05) is 29.8 Å². The molecule has 4 nitrogen and oxygen atoms in total. The van der Waals surface area contributed by atoms with Crippen molar-refractivity contribution in [2.24, 2.45) is 0 Å². The van der Waals surface area contributed by atoms with Crippen molar-refractivity contribution in [3.05, 3.63) is 70.5 Å². The lowest BCUT2D eigenvalue weighted by Crippen LogP contribution is -2.45. The number of aryl methyl sites for hydroxylation is 3. The Labute approximate surface area is 165 Å². The summed E-state index contributed by atoms with van der Waals surface area (Å²) in [4.78, 5) is 14.7. The highest BCUT2D eigenvalue weighted by Gasteiger charge is 2.35. The average molecular weight is 377 g/mol. The third-order valence-electron chi connectivity index (χ3n) is 6.11. The maximum absolute atomic E-state index is 12.9. The summed E-state index contributed by atoms with van der Waals surface area (Å²) in [5.74, 6) is 0.0900. The fourth-order valence-electron chi connectivity index (χ4n) is 4.10. The Bertz CT molecular complexity index is 1030. The molecule has 1 saturated heterocycles. The standard InChI is InChI=1S/C24H27NO3/c1-16-5-4-6-20(11-16)24(27)7-9-25(10-8-24)23(26)14-19-15-28-22-13-18(3)17(2)12-21(19)22/h4-6,11-13,15,27H,7-10,14H2,1-3H3. The van der Waals surface area contributed by atoms with Crippen LogP contribution in [0.1, 0.15) is 40.7 Å². The Hall–Kier alpha value is -2.59. The fourth-order valence-corrected chi connectivity index (χ4v) is 4.10. The van der Waals surface area contributed by atoms with Gasteiger partial charge in [0.2, 0.25) is 5.91 Å². The molecule has 0 unspecified atom stereocenters. The van der Waals surface area contributed by atoms with E-state index >= 15 is 0 Å². The number of hydrogen-bond acceptors (Lipinski definition) is 3. The molecular weight excluding hydrogens is 350 g/mol. The zero-order valence-corrected chi connectivity index (χ0v) is 16.8. The van der Waals surface area contributed by atoms with Gasteiger partial charge in [0, 0.05) is 24.0 Å². The number of likely N-dealkylation sites (tertiary alicyclic amines) is 1. The summed E-state index contributed by atoms with van der Waals surface area (Å²) in [6.45, 7) is 7.30. The molecule has 0 atom stereocenters. The molecule has 2 aromatic carbocycles. The molecule has 0 radical (unpaired) electrons. The van der Waals surface area contributed by atoms with Gasteiger partial charge in [-0.2, -0.15) is 0 Å². The topological polar surface area (TPSA) is 53.7 Å². The Morgan fingerprint density at radius 2 is 1.82 bits per heavy atom. The number of fused-ring (bicyclic) bond motifs is 1. The van der Waals surface area contributed by atoms with Crippen LogP contribution in [0, 0.1) is 20.8 Å². The van der Waals surface area contributed by atoms with Crippen LogP contribution in [0.3, 0.4) is 0 Å². The number of amides is 1. The van der Waals surface area contributed by atoms with Crippen LogP contribution in [0.2, 0.25) is 0 Å². The van der Waals surface area contributed by atoms with Gasteiger partial charge >= 0.3 is 0 Å². The van der Waals surface area contributed by atoms with Crippen LogP contribution in [-0.2, 0) is 16.8 Å². The van der Waals surface area contributed by atoms with Crippen molar-refractivity contribution in [3.63, 3.8) is 0 Å². The van der Waals surface area contributed by atoms with Crippen LogP contribution >= 0.6 is 0 Å². The largest absolute Gasteiger partial charge is 0.464 e. The van der Waals surface area contributed by atoms with Crippen LogP contribution in [-0.4, -0.2) is 29.0 Å². The number of hydrogen-bond donors (Lipinski definition) is 1. The maximum Gasteiger partial charge on any atom is 0.227 e. The quantitative estimate of drug-likeness (QED) is 0.735. The van der Waals surface area contributed by atoms with E-state index in [0.29, 0.717) is 32.4 Å². The second kappa shape index (κ2) is 7.10. The molecule has 3 aromatic rings. The Morgan fingerprint density at radius 3 is 2.54 bits per heavy atom. The van der Waals surface area contributed by atoms with Crippen LogP contribution in [0.15, 0.2) is 47.1 Å². The molecule has 1 fully saturated rings. The van der Waals surface area contributed by atoms with E-state index in [-0.39, 0.29) is 5.91 Å². The molecule has 146 valence electrons. The summed E-state index contributed by atoms with van der Waals surface area (Å²) in [6.07, 6.45) is 3.16. The predicted molar refractivity (Wildman–Crippen MR) is 110 cm³/mol. The monoisotopic (exact) mass is 377 g/mol. The zero-order chi connectivity index (χ0) is 19.9. The van der Waals surface area contributed by atoms with Gasteiger partial charge in [0.25, 0.3) is 0 Å². The number of carbonyl (C=O) groups is 1. The lowest BCUT2D eigenvalue weighted by Gasteiger charge is -2.38. The SMILES string of the molecule is Cc1cccc(C2(O)CCN(C(=O)Cc3coc4cc(C)c(C)cc34)CC2)c1. The molecule has 1 aliphatic rings. The second-order valence-corrected chi connectivity index (χ2v) is 8.15. The molecule has 4 rings (SSSR count). The lowest BCUT2D eigenvalue weighted by atomic mass is 9.84. The first-order valence-electron chi connectivity index (χ1n) is 9.90. The first-order chi connectivity index (χ1) is 13.4. The van der Waals surface area contributed by atoms with Crippen molar-refractivity contribution in [2.45, 2.75) is 45.6 Å². The van der Waals surface area contributed by atoms with Crippen molar-refractivity contribution in [1.82, 2.24) is 4.90 Å². The van der Waals surface area contributed by atoms with Gasteiger partial charge in [-0.05, 0) is 62.4 Å². The lowest BCUT2D eigenvalue weighted by molar-refractivity contribution is -0.135. The number of benzene rings is 2. The van der Waals surface area contributed by atoms with Gasteiger partial charge in [-0.3, -0.25) is 4.79 Å². The highest BCUT2D eigenvalue weighted by molar-refractivity contribution is 5.88. The average Bonchev–Trinajstić information content (AvgIpc) is 3.04. The van der Waals surface area contributed by atoms with Crippen LogP contribution in [0.4, 0.5) is 0 Å². The molecular formula is C24H27NO3. The van der Waals surface area contributed by atoms with Crippen molar-refractivity contribution >= 4 is 16.9 Å². The first kappa shape index (κ1) is 18.8. The highest BCUT2D eigenvalue weighted by atomic mass is 16.3. The normalized spacial score (nSPS) is 16.5. The van der Waals surface area contributed by atoms with E-state index in [1.165, 1.54) is 11.1 Å². The minimum absolute atomic E-state index is 0.0900. The first-order valence-corrected chi connectivity index (χ1v) is 9.90.